The van der Waals surface area contributed by atoms with Crippen molar-refractivity contribution in [3.63, 3.8) is 0 Å². The summed E-state index contributed by atoms with van der Waals surface area (Å²) in [6.07, 6.45) is 7.65. The fraction of sp³-hybridized carbons (Fsp3) is 0.588. The van der Waals surface area contributed by atoms with Gasteiger partial charge in [0.1, 0.15) is 0 Å². The van der Waals surface area contributed by atoms with Crippen LogP contribution in [0.3, 0.4) is 0 Å². The minimum absolute atomic E-state index is 0.260. The molecule has 0 saturated heterocycles. The normalized spacial score (nSPS) is 33.5. The molecular formula is C17H23N3. The first-order chi connectivity index (χ1) is 9.78. The van der Waals surface area contributed by atoms with Crippen molar-refractivity contribution in [1.82, 2.24) is 4.90 Å². The van der Waals surface area contributed by atoms with E-state index < -0.39 is 0 Å². The molecule has 0 aromatic heterocycles. The van der Waals surface area contributed by atoms with E-state index in [1.165, 1.54) is 44.1 Å². The lowest BCUT2D eigenvalue weighted by atomic mass is 9.73. The molecule has 1 spiro atoms. The Hall–Kier alpha value is -1.51. The van der Waals surface area contributed by atoms with Crippen LogP contribution in [-0.2, 0) is 0 Å². The number of nitrogens with zero attached hydrogens (tertiary/aromatic N) is 2. The second-order valence-electron chi connectivity index (χ2n) is 6.68. The molecule has 2 aliphatic carbocycles. The van der Waals surface area contributed by atoms with Crippen molar-refractivity contribution in [3.8, 4) is 0 Å². The maximum Gasteiger partial charge on any atom is 0.192 e. The predicted molar refractivity (Wildman–Crippen MR) is 81.7 cm³/mol. The molecule has 3 nitrogen and oxygen atoms in total. The SMILES string of the molecule is NC1=NCC2(CCC(c3ccccc3)CC2)N1C1CC1. The molecular weight excluding hydrogens is 246 g/mol. The molecule has 2 fully saturated rings. The minimum atomic E-state index is 0.260. The quantitative estimate of drug-likeness (QED) is 0.897. The summed E-state index contributed by atoms with van der Waals surface area (Å²) in [5.74, 6) is 1.54. The lowest BCUT2D eigenvalue weighted by Crippen LogP contribution is -2.54. The van der Waals surface area contributed by atoms with Gasteiger partial charge in [-0.3, -0.25) is 4.99 Å². The Morgan fingerprint density at radius 3 is 2.40 bits per heavy atom. The molecule has 1 heterocycles. The van der Waals surface area contributed by atoms with E-state index in [1.807, 2.05) is 0 Å². The third kappa shape index (κ3) is 1.91. The first-order valence-corrected chi connectivity index (χ1v) is 7.93. The second-order valence-corrected chi connectivity index (χ2v) is 6.68. The summed E-state index contributed by atoms with van der Waals surface area (Å²) in [6, 6.07) is 11.7. The number of benzene rings is 1. The Labute approximate surface area is 120 Å². The van der Waals surface area contributed by atoms with Crippen molar-refractivity contribution >= 4 is 5.96 Å². The fourth-order valence-corrected chi connectivity index (χ4v) is 4.14. The summed E-state index contributed by atoms with van der Waals surface area (Å²) < 4.78 is 0. The molecule has 0 amide bonds. The Bertz CT molecular complexity index is 510. The van der Waals surface area contributed by atoms with E-state index in [-0.39, 0.29) is 5.54 Å². The van der Waals surface area contributed by atoms with Gasteiger partial charge < -0.3 is 10.6 Å². The van der Waals surface area contributed by atoms with Gasteiger partial charge in [-0.1, -0.05) is 30.3 Å². The van der Waals surface area contributed by atoms with E-state index in [4.69, 9.17) is 5.73 Å². The van der Waals surface area contributed by atoms with Crippen LogP contribution in [0.2, 0.25) is 0 Å². The molecule has 0 radical (unpaired) electrons. The van der Waals surface area contributed by atoms with Gasteiger partial charge in [0.2, 0.25) is 0 Å². The summed E-state index contributed by atoms with van der Waals surface area (Å²) in [7, 11) is 0. The van der Waals surface area contributed by atoms with Crippen molar-refractivity contribution in [3.05, 3.63) is 35.9 Å². The summed E-state index contributed by atoms with van der Waals surface area (Å²) in [5.41, 5.74) is 7.91. The Balaban J connectivity index is 1.49. The van der Waals surface area contributed by atoms with E-state index in [0.29, 0.717) is 6.04 Å². The van der Waals surface area contributed by atoms with Gasteiger partial charge >= 0.3 is 0 Å². The van der Waals surface area contributed by atoms with Gasteiger partial charge in [-0.25, -0.2) is 0 Å². The zero-order valence-corrected chi connectivity index (χ0v) is 12.0. The van der Waals surface area contributed by atoms with E-state index in [1.54, 1.807) is 0 Å². The summed E-state index contributed by atoms with van der Waals surface area (Å²) in [6.45, 7) is 0.927. The van der Waals surface area contributed by atoms with Crippen molar-refractivity contribution in [2.75, 3.05) is 6.54 Å². The van der Waals surface area contributed by atoms with Crippen LogP contribution in [-0.4, -0.2) is 29.0 Å². The zero-order chi connectivity index (χ0) is 13.6. The summed E-state index contributed by atoms with van der Waals surface area (Å²) in [5, 5.41) is 0. The van der Waals surface area contributed by atoms with Gasteiger partial charge in [-0.05, 0) is 50.0 Å². The van der Waals surface area contributed by atoms with Crippen LogP contribution in [0.4, 0.5) is 0 Å². The van der Waals surface area contributed by atoms with E-state index in [2.05, 4.69) is 40.2 Å². The predicted octanol–water partition coefficient (Wildman–Crippen LogP) is 2.88. The fourth-order valence-electron chi connectivity index (χ4n) is 4.14. The van der Waals surface area contributed by atoms with Gasteiger partial charge in [-0.2, -0.15) is 0 Å². The van der Waals surface area contributed by atoms with Crippen LogP contribution in [0.25, 0.3) is 0 Å². The van der Waals surface area contributed by atoms with Gasteiger partial charge in [-0.15, -0.1) is 0 Å². The smallest absolute Gasteiger partial charge is 0.192 e. The molecule has 0 atom stereocenters. The Kier molecular flexibility index (Phi) is 2.76. The molecule has 0 bridgehead atoms. The number of hydrogen-bond donors (Lipinski definition) is 1. The standard InChI is InChI=1S/C17H23N3/c18-16-19-12-17(20(16)15-6-7-15)10-8-14(9-11-17)13-4-2-1-3-5-13/h1-5,14-15H,6-12H2,(H2,18,19). The van der Waals surface area contributed by atoms with E-state index in [0.717, 1.165) is 18.4 Å². The van der Waals surface area contributed by atoms with Crippen LogP contribution < -0.4 is 5.73 Å². The van der Waals surface area contributed by atoms with Crippen molar-refractivity contribution in [2.45, 2.75) is 56.0 Å². The highest BCUT2D eigenvalue weighted by Gasteiger charge is 2.50. The maximum absolute atomic E-state index is 6.15. The average Bonchev–Trinajstić information content (AvgIpc) is 3.27. The molecule has 106 valence electrons. The number of hydrogen-bond acceptors (Lipinski definition) is 3. The summed E-state index contributed by atoms with van der Waals surface area (Å²) in [4.78, 5) is 7.05. The Morgan fingerprint density at radius 2 is 1.75 bits per heavy atom. The van der Waals surface area contributed by atoms with Crippen LogP contribution in [0.1, 0.15) is 50.0 Å². The molecule has 0 unspecified atom stereocenters. The highest BCUT2D eigenvalue weighted by atomic mass is 15.4. The van der Waals surface area contributed by atoms with Crippen LogP contribution >= 0.6 is 0 Å². The van der Waals surface area contributed by atoms with Crippen molar-refractivity contribution < 1.29 is 0 Å². The minimum Gasteiger partial charge on any atom is -0.370 e. The lowest BCUT2D eigenvalue weighted by molar-refractivity contribution is 0.126. The molecule has 20 heavy (non-hydrogen) atoms. The number of rotatable bonds is 2. The Morgan fingerprint density at radius 1 is 1.05 bits per heavy atom. The molecule has 3 aliphatic rings. The molecule has 3 heteroatoms. The average molecular weight is 269 g/mol. The lowest BCUT2D eigenvalue weighted by Gasteiger charge is -2.44. The third-order valence-corrected chi connectivity index (χ3v) is 5.39. The number of aliphatic imine (C=N–C) groups is 1. The topological polar surface area (TPSA) is 41.6 Å². The molecule has 4 rings (SSSR count). The second kappa shape index (κ2) is 4.51. The molecule has 1 aliphatic heterocycles. The largest absolute Gasteiger partial charge is 0.370 e. The van der Waals surface area contributed by atoms with Crippen LogP contribution in [0, 0.1) is 0 Å². The third-order valence-electron chi connectivity index (χ3n) is 5.39. The first-order valence-electron chi connectivity index (χ1n) is 7.93. The highest BCUT2D eigenvalue weighted by molar-refractivity contribution is 5.81. The highest BCUT2D eigenvalue weighted by Crippen LogP contribution is 2.46. The van der Waals surface area contributed by atoms with Gasteiger partial charge in [0.05, 0.1) is 12.1 Å². The zero-order valence-electron chi connectivity index (χ0n) is 12.0. The molecule has 1 aromatic carbocycles. The van der Waals surface area contributed by atoms with Crippen LogP contribution in [0.5, 0.6) is 0 Å². The van der Waals surface area contributed by atoms with Crippen LogP contribution in [0.15, 0.2) is 35.3 Å². The van der Waals surface area contributed by atoms with Gasteiger partial charge in [0.25, 0.3) is 0 Å². The molecule has 2 saturated carbocycles. The molecule has 2 N–H and O–H groups in total. The monoisotopic (exact) mass is 269 g/mol. The van der Waals surface area contributed by atoms with Gasteiger partial charge in [0, 0.05) is 6.04 Å². The van der Waals surface area contributed by atoms with E-state index >= 15 is 0 Å². The van der Waals surface area contributed by atoms with Crippen molar-refractivity contribution in [2.24, 2.45) is 10.7 Å². The number of guanidine groups is 1. The maximum atomic E-state index is 6.15. The van der Waals surface area contributed by atoms with Gasteiger partial charge in [0.15, 0.2) is 5.96 Å². The first kappa shape index (κ1) is 12.2. The van der Waals surface area contributed by atoms with E-state index in [9.17, 15) is 0 Å². The van der Waals surface area contributed by atoms with Crippen molar-refractivity contribution in [1.29, 1.82) is 0 Å². The molecule has 1 aromatic rings. The number of nitrogens with two attached hydrogens (primary N) is 1. The summed E-state index contributed by atoms with van der Waals surface area (Å²) >= 11 is 0.